The number of nitrogens with zero attached hydrogens (tertiary/aromatic N) is 2. The van der Waals surface area contributed by atoms with Crippen molar-refractivity contribution in [3.8, 4) is 11.5 Å². The molecule has 1 aliphatic rings. The fourth-order valence-corrected chi connectivity index (χ4v) is 3.23. The van der Waals surface area contributed by atoms with Crippen LogP contribution in [0.3, 0.4) is 0 Å². The number of hydrogen-bond donors (Lipinski definition) is 2. The Balaban J connectivity index is 1.46. The third-order valence-corrected chi connectivity index (χ3v) is 4.67. The standard InChI is InChI=1S/C21H22N4O5/c1-28-9-8-25(11-19-23-16-5-3-2-4-15(16)21(27)24-19)12-20(26)22-14-6-7-17-18(10-14)30-13-29-17/h2-7,10H,8-9,11-13H2,1H3,(H,22,26)(H,23,24,27). The van der Waals surface area contributed by atoms with Gasteiger partial charge >= 0.3 is 0 Å². The summed E-state index contributed by atoms with van der Waals surface area (Å²) in [6.45, 7) is 1.53. The number of ether oxygens (including phenoxy) is 3. The summed E-state index contributed by atoms with van der Waals surface area (Å²) in [7, 11) is 1.60. The molecule has 0 fully saturated rings. The molecule has 0 saturated carbocycles. The summed E-state index contributed by atoms with van der Waals surface area (Å²) in [5.74, 6) is 1.54. The summed E-state index contributed by atoms with van der Waals surface area (Å²) in [4.78, 5) is 34.1. The van der Waals surface area contributed by atoms with E-state index in [9.17, 15) is 9.59 Å². The molecule has 0 saturated heterocycles. The fraction of sp³-hybridized carbons (Fsp3) is 0.286. The maximum atomic E-state index is 12.6. The topological polar surface area (TPSA) is 106 Å². The predicted molar refractivity (Wildman–Crippen MR) is 111 cm³/mol. The van der Waals surface area contributed by atoms with E-state index in [1.165, 1.54) is 0 Å². The van der Waals surface area contributed by atoms with Crippen molar-refractivity contribution in [1.82, 2.24) is 14.9 Å². The number of carbonyl (C=O) groups is 1. The maximum absolute atomic E-state index is 12.6. The molecule has 0 bridgehead atoms. The van der Waals surface area contributed by atoms with E-state index < -0.39 is 0 Å². The van der Waals surface area contributed by atoms with Gasteiger partial charge in [0.1, 0.15) is 5.82 Å². The van der Waals surface area contributed by atoms with E-state index in [2.05, 4.69) is 15.3 Å². The first-order valence-corrected chi connectivity index (χ1v) is 9.51. The number of amides is 1. The molecule has 9 nitrogen and oxygen atoms in total. The van der Waals surface area contributed by atoms with Crippen LogP contribution in [0.2, 0.25) is 0 Å². The molecule has 9 heteroatoms. The number of nitrogens with one attached hydrogen (secondary N) is 2. The third kappa shape index (κ3) is 4.58. The van der Waals surface area contributed by atoms with Crippen LogP contribution in [0.5, 0.6) is 11.5 Å². The minimum absolute atomic E-state index is 0.105. The van der Waals surface area contributed by atoms with E-state index in [0.29, 0.717) is 53.6 Å². The molecule has 0 radical (unpaired) electrons. The second kappa shape index (κ2) is 8.93. The number of hydrogen-bond acceptors (Lipinski definition) is 7. The second-order valence-corrected chi connectivity index (χ2v) is 6.85. The zero-order valence-corrected chi connectivity index (χ0v) is 16.5. The normalized spacial score (nSPS) is 12.5. The van der Waals surface area contributed by atoms with Crippen LogP contribution in [0.25, 0.3) is 10.9 Å². The summed E-state index contributed by atoms with van der Waals surface area (Å²) in [5, 5.41) is 3.39. The van der Waals surface area contributed by atoms with Crippen LogP contribution in [-0.2, 0) is 16.1 Å². The Morgan fingerprint density at radius 1 is 1.23 bits per heavy atom. The van der Waals surface area contributed by atoms with Crippen molar-refractivity contribution in [2.45, 2.75) is 6.54 Å². The van der Waals surface area contributed by atoms with Crippen molar-refractivity contribution in [3.05, 3.63) is 58.6 Å². The lowest BCUT2D eigenvalue weighted by Crippen LogP contribution is -2.36. The Kier molecular flexibility index (Phi) is 5.92. The van der Waals surface area contributed by atoms with Gasteiger partial charge in [-0.05, 0) is 24.3 Å². The molecule has 3 aromatic rings. The Hall–Kier alpha value is -3.43. The minimum atomic E-state index is -0.202. The molecule has 0 atom stereocenters. The molecule has 0 unspecified atom stereocenters. The van der Waals surface area contributed by atoms with Crippen molar-refractivity contribution in [2.75, 3.05) is 38.9 Å². The number of H-pyrrole nitrogens is 1. The van der Waals surface area contributed by atoms with Gasteiger partial charge in [0, 0.05) is 25.4 Å². The molecule has 1 aromatic heterocycles. The van der Waals surface area contributed by atoms with E-state index >= 15 is 0 Å². The van der Waals surface area contributed by atoms with Gasteiger partial charge in [0.25, 0.3) is 5.56 Å². The second-order valence-electron chi connectivity index (χ2n) is 6.85. The average molecular weight is 410 g/mol. The van der Waals surface area contributed by atoms with E-state index in [0.717, 1.165) is 0 Å². The van der Waals surface area contributed by atoms with Gasteiger partial charge < -0.3 is 24.5 Å². The van der Waals surface area contributed by atoms with Gasteiger partial charge in [-0.2, -0.15) is 0 Å². The van der Waals surface area contributed by atoms with Crippen LogP contribution in [-0.4, -0.2) is 54.4 Å². The Bertz CT molecular complexity index is 1110. The van der Waals surface area contributed by atoms with E-state index in [1.807, 2.05) is 11.0 Å². The number of aromatic nitrogens is 2. The smallest absolute Gasteiger partial charge is 0.258 e. The first-order valence-electron chi connectivity index (χ1n) is 9.51. The lowest BCUT2D eigenvalue weighted by Gasteiger charge is -2.21. The zero-order chi connectivity index (χ0) is 20.9. The molecule has 2 aromatic carbocycles. The summed E-state index contributed by atoms with van der Waals surface area (Å²) in [6.07, 6.45) is 0. The molecule has 30 heavy (non-hydrogen) atoms. The van der Waals surface area contributed by atoms with Crippen molar-refractivity contribution in [2.24, 2.45) is 0 Å². The highest BCUT2D eigenvalue weighted by atomic mass is 16.7. The molecule has 156 valence electrons. The van der Waals surface area contributed by atoms with Gasteiger partial charge in [0.05, 0.1) is 30.6 Å². The zero-order valence-electron chi connectivity index (χ0n) is 16.5. The number of rotatable bonds is 8. The maximum Gasteiger partial charge on any atom is 0.258 e. The summed E-state index contributed by atoms with van der Waals surface area (Å²) >= 11 is 0. The number of benzene rings is 2. The van der Waals surface area contributed by atoms with Gasteiger partial charge in [0.15, 0.2) is 11.5 Å². The summed E-state index contributed by atoms with van der Waals surface area (Å²) in [5.41, 5.74) is 1.04. The van der Waals surface area contributed by atoms with Crippen LogP contribution < -0.4 is 20.3 Å². The molecular weight excluding hydrogens is 388 g/mol. The minimum Gasteiger partial charge on any atom is -0.454 e. The van der Waals surface area contributed by atoms with Gasteiger partial charge in [-0.3, -0.25) is 14.5 Å². The lowest BCUT2D eigenvalue weighted by molar-refractivity contribution is -0.117. The summed E-state index contributed by atoms with van der Waals surface area (Å²) in [6, 6.07) is 12.4. The number of para-hydroxylation sites is 1. The average Bonchev–Trinajstić information content (AvgIpc) is 3.20. The molecule has 2 N–H and O–H groups in total. The lowest BCUT2D eigenvalue weighted by atomic mass is 10.2. The number of anilines is 1. The van der Waals surface area contributed by atoms with Crippen LogP contribution >= 0.6 is 0 Å². The van der Waals surface area contributed by atoms with Crippen molar-refractivity contribution >= 4 is 22.5 Å². The number of methoxy groups -OCH3 is 1. The van der Waals surface area contributed by atoms with Crippen molar-refractivity contribution in [1.29, 1.82) is 0 Å². The molecule has 0 aliphatic carbocycles. The van der Waals surface area contributed by atoms with Gasteiger partial charge in [-0.15, -0.1) is 0 Å². The quantitative estimate of drug-likeness (QED) is 0.583. The number of carbonyl (C=O) groups excluding carboxylic acids is 1. The molecule has 4 rings (SSSR count). The third-order valence-electron chi connectivity index (χ3n) is 4.67. The van der Waals surface area contributed by atoms with Crippen molar-refractivity contribution in [3.63, 3.8) is 0 Å². The predicted octanol–water partition coefficient (Wildman–Crippen LogP) is 1.74. The van der Waals surface area contributed by atoms with E-state index in [4.69, 9.17) is 14.2 Å². The Morgan fingerprint density at radius 2 is 2.07 bits per heavy atom. The van der Waals surface area contributed by atoms with Crippen LogP contribution in [0, 0.1) is 0 Å². The Morgan fingerprint density at radius 3 is 2.93 bits per heavy atom. The molecule has 1 amide bonds. The Labute approximate surface area is 172 Å². The highest BCUT2D eigenvalue weighted by Gasteiger charge is 2.17. The molecule has 2 heterocycles. The van der Waals surface area contributed by atoms with E-state index in [1.54, 1.807) is 43.5 Å². The summed E-state index contributed by atoms with van der Waals surface area (Å²) < 4.78 is 15.8. The SMILES string of the molecule is COCCN(CC(=O)Nc1ccc2c(c1)OCO2)Cc1nc2ccccc2c(=O)[nH]1. The van der Waals surface area contributed by atoms with Crippen molar-refractivity contribution < 1.29 is 19.0 Å². The first kappa shape index (κ1) is 19.9. The molecule has 1 aliphatic heterocycles. The number of aromatic amines is 1. The van der Waals surface area contributed by atoms with E-state index in [-0.39, 0.29) is 24.8 Å². The van der Waals surface area contributed by atoms with Gasteiger partial charge in [-0.25, -0.2) is 4.98 Å². The highest BCUT2D eigenvalue weighted by Crippen LogP contribution is 2.34. The van der Waals surface area contributed by atoms with Gasteiger partial charge in [0.2, 0.25) is 12.7 Å². The largest absolute Gasteiger partial charge is 0.454 e. The fourth-order valence-electron chi connectivity index (χ4n) is 3.23. The van der Waals surface area contributed by atoms with Crippen LogP contribution in [0.15, 0.2) is 47.3 Å². The highest BCUT2D eigenvalue weighted by molar-refractivity contribution is 5.92. The monoisotopic (exact) mass is 410 g/mol. The molecule has 0 spiro atoms. The molecular formula is C21H22N4O5. The van der Waals surface area contributed by atoms with Crippen LogP contribution in [0.4, 0.5) is 5.69 Å². The number of fused-ring (bicyclic) bond motifs is 2. The van der Waals surface area contributed by atoms with Gasteiger partial charge in [-0.1, -0.05) is 12.1 Å². The first-order chi connectivity index (χ1) is 14.6. The van der Waals surface area contributed by atoms with Crippen LogP contribution in [0.1, 0.15) is 5.82 Å².